The third-order valence-corrected chi connectivity index (χ3v) is 5.88. The third kappa shape index (κ3) is 4.47. The van der Waals surface area contributed by atoms with E-state index in [1.54, 1.807) is 17.4 Å². The molecule has 2 aromatic heterocycles. The molecule has 0 fully saturated rings. The lowest BCUT2D eigenvalue weighted by Gasteiger charge is -2.22. The summed E-state index contributed by atoms with van der Waals surface area (Å²) in [5.41, 5.74) is 2.53. The van der Waals surface area contributed by atoms with Gasteiger partial charge in [0.2, 0.25) is 0 Å². The molecule has 7 heteroatoms. The predicted octanol–water partition coefficient (Wildman–Crippen LogP) is 5.86. The molecule has 0 amide bonds. The molecule has 0 atom stereocenters. The number of hydrogen-bond acceptors (Lipinski definition) is 5. The molecule has 4 nitrogen and oxygen atoms in total. The summed E-state index contributed by atoms with van der Waals surface area (Å²) < 4.78 is 6.69. The van der Waals surface area contributed by atoms with Crippen molar-refractivity contribution in [3.05, 3.63) is 69.5 Å². The second-order valence-electron chi connectivity index (χ2n) is 6.43. The van der Waals surface area contributed by atoms with Crippen molar-refractivity contribution in [2.24, 2.45) is 0 Å². The highest BCUT2D eigenvalue weighted by atomic mass is 35.5. The number of halogens is 2. The van der Waals surface area contributed by atoms with Crippen LogP contribution in [0.25, 0.3) is 33.3 Å². The fourth-order valence-corrected chi connectivity index (χ4v) is 4.40. The second kappa shape index (κ2) is 8.99. The second-order valence-corrected chi connectivity index (χ2v) is 8.25. The number of aromatic nitrogens is 1. The normalized spacial score (nSPS) is 11.7. The number of anilines is 1. The van der Waals surface area contributed by atoms with Gasteiger partial charge in [0.1, 0.15) is 10.6 Å². The number of thiazole rings is 1. The van der Waals surface area contributed by atoms with Gasteiger partial charge in [-0.2, -0.15) is 0 Å². The van der Waals surface area contributed by atoms with E-state index in [-0.39, 0.29) is 5.63 Å². The van der Waals surface area contributed by atoms with E-state index >= 15 is 0 Å². The highest BCUT2D eigenvalue weighted by Gasteiger charge is 2.09. The van der Waals surface area contributed by atoms with Crippen LogP contribution in [0.3, 0.4) is 0 Å². The smallest absolute Gasteiger partial charge is 0.343 e. The van der Waals surface area contributed by atoms with Crippen LogP contribution in [0.15, 0.2) is 57.7 Å². The zero-order chi connectivity index (χ0) is 20.2. The van der Waals surface area contributed by atoms with Crippen LogP contribution < -0.4 is 10.5 Å². The monoisotopic (exact) mass is 444 g/mol. The molecule has 2 heterocycles. The van der Waals surface area contributed by atoms with Crippen molar-refractivity contribution < 1.29 is 4.42 Å². The largest absolute Gasteiger partial charge is 0.422 e. The Morgan fingerprint density at radius 3 is 2.59 bits per heavy atom. The quantitative estimate of drug-likeness (QED) is 0.264. The first-order valence-corrected chi connectivity index (χ1v) is 11.0. The van der Waals surface area contributed by atoms with Gasteiger partial charge in [-0.1, -0.05) is 12.1 Å². The highest BCUT2D eigenvalue weighted by molar-refractivity contribution is 7.19. The van der Waals surface area contributed by atoms with E-state index in [0.29, 0.717) is 36.0 Å². The predicted molar refractivity (Wildman–Crippen MR) is 125 cm³/mol. The van der Waals surface area contributed by atoms with Crippen LogP contribution in [0.5, 0.6) is 0 Å². The Morgan fingerprint density at radius 2 is 1.83 bits per heavy atom. The Bertz CT molecular complexity index is 1190. The number of nitrogens with zero attached hydrogens (tertiary/aromatic N) is 2. The summed E-state index contributed by atoms with van der Waals surface area (Å²) in [5.74, 6) is 0.989. The maximum absolute atomic E-state index is 12.5. The Morgan fingerprint density at radius 1 is 1.03 bits per heavy atom. The van der Waals surface area contributed by atoms with Crippen LogP contribution in [0.1, 0.15) is 10.6 Å². The lowest BCUT2D eigenvalue weighted by molar-refractivity contribution is 0.559. The average Bonchev–Trinajstić information content (AvgIpc) is 3.14. The molecule has 4 aromatic rings. The molecule has 0 radical (unpaired) electrons. The Hall–Kier alpha value is -2.34. The molecule has 0 aliphatic heterocycles. The zero-order valence-electron chi connectivity index (χ0n) is 15.5. The highest BCUT2D eigenvalue weighted by Crippen LogP contribution is 2.25. The molecule has 0 aliphatic rings. The van der Waals surface area contributed by atoms with E-state index in [4.69, 9.17) is 27.6 Å². The lowest BCUT2D eigenvalue weighted by atomic mass is 10.1. The minimum absolute atomic E-state index is 0.381. The molecule has 0 aliphatic carbocycles. The van der Waals surface area contributed by atoms with Crippen LogP contribution in [-0.4, -0.2) is 29.8 Å². The van der Waals surface area contributed by atoms with Gasteiger partial charge in [0.25, 0.3) is 0 Å². The van der Waals surface area contributed by atoms with Gasteiger partial charge in [0, 0.05) is 42.0 Å². The average molecular weight is 445 g/mol. The van der Waals surface area contributed by atoms with Crippen molar-refractivity contribution in [1.29, 1.82) is 0 Å². The number of rotatable bonds is 7. The molecule has 29 heavy (non-hydrogen) atoms. The maximum Gasteiger partial charge on any atom is 0.343 e. The molecule has 0 bridgehead atoms. The van der Waals surface area contributed by atoms with Crippen LogP contribution in [0.4, 0.5) is 5.69 Å². The van der Waals surface area contributed by atoms with E-state index in [2.05, 4.69) is 9.88 Å². The van der Waals surface area contributed by atoms with Gasteiger partial charge in [0.05, 0.1) is 15.8 Å². The standard InChI is InChI=1S/C22H18Cl2N2O2S/c23-9-11-26(12-10-24)17-7-5-15-13-16(22(27)28-19(15)14-17)6-8-21-25-18-3-1-2-4-20(18)29-21/h1-8,13-14H,9-12H2/b8-6+. The van der Waals surface area contributed by atoms with Crippen LogP contribution in [0, 0.1) is 0 Å². The van der Waals surface area contributed by atoms with Gasteiger partial charge in [-0.05, 0) is 42.5 Å². The van der Waals surface area contributed by atoms with Crippen LogP contribution >= 0.6 is 34.5 Å². The zero-order valence-corrected chi connectivity index (χ0v) is 17.8. The van der Waals surface area contributed by atoms with E-state index in [1.807, 2.05) is 54.6 Å². The van der Waals surface area contributed by atoms with Gasteiger partial charge in [-0.3, -0.25) is 0 Å². The van der Waals surface area contributed by atoms with Gasteiger partial charge in [-0.15, -0.1) is 34.5 Å². The maximum atomic E-state index is 12.5. The van der Waals surface area contributed by atoms with Gasteiger partial charge >= 0.3 is 5.63 Å². The minimum Gasteiger partial charge on any atom is -0.422 e. The molecule has 0 unspecified atom stereocenters. The number of alkyl halides is 2. The molecule has 0 saturated heterocycles. The number of benzene rings is 2. The summed E-state index contributed by atoms with van der Waals surface area (Å²) >= 11 is 13.4. The summed E-state index contributed by atoms with van der Waals surface area (Å²) in [6.07, 6.45) is 3.60. The molecule has 4 rings (SSSR count). The first-order valence-electron chi connectivity index (χ1n) is 9.16. The van der Waals surface area contributed by atoms with Crippen molar-refractivity contribution >= 4 is 73.6 Å². The summed E-state index contributed by atoms with van der Waals surface area (Å²) in [4.78, 5) is 19.1. The molecule has 2 aromatic carbocycles. The first kappa shape index (κ1) is 20.0. The fourth-order valence-electron chi connectivity index (χ4n) is 3.13. The van der Waals surface area contributed by atoms with E-state index in [0.717, 1.165) is 26.3 Å². The van der Waals surface area contributed by atoms with Crippen molar-refractivity contribution in [2.75, 3.05) is 29.7 Å². The Balaban J connectivity index is 1.64. The van der Waals surface area contributed by atoms with Gasteiger partial charge in [-0.25, -0.2) is 9.78 Å². The van der Waals surface area contributed by atoms with Crippen molar-refractivity contribution in [1.82, 2.24) is 4.98 Å². The molecule has 0 saturated carbocycles. The molecular formula is C22H18Cl2N2O2S. The lowest BCUT2D eigenvalue weighted by Crippen LogP contribution is -2.27. The van der Waals surface area contributed by atoms with Crippen molar-refractivity contribution in [2.45, 2.75) is 0 Å². The number of hydrogen-bond donors (Lipinski definition) is 0. The van der Waals surface area contributed by atoms with E-state index in [9.17, 15) is 4.79 Å². The van der Waals surface area contributed by atoms with Crippen LogP contribution in [-0.2, 0) is 0 Å². The molecule has 148 valence electrons. The number of fused-ring (bicyclic) bond motifs is 2. The summed E-state index contributed by atoms with van der Waals surface area (Å²) in [5, 5.41) is 1.70. The van der Waals surface area contributed by atoms with Crippen molar-refractivity contribution in [3.63, 3.8) is 0 Å². The topological polar surface area (TPSA) is 46.3 Å². The SMILES string of the molecule is O=c1oc2cc(N(CCCl)CCCl)ccc2cc1/C=C/c1nc2ccccc2s1. The number of para-hydroxylation sites is 1. The van der Waals surface area contributed by atoms with Crippen molar-refractivity contribution in [3.8, 4) is 0 Å². The molecular weight excluding hydrogens is 427 g/mol. The summed E-state index contributed by atoms with van der Waals surface area (Å²) in [7, 11) is 0. The van der Waals surface area contributed by atoms with E-state index < -0.39 is 0 Å². The van der Waals surface area contributed by atoms with Gasteiger partial charge in [0.15, 0.2) is 0 Å². The third-order valence-electron chi connectivity index (χ3n) is 4.54. The minimum atomic E-state index is -0.381. The molecule has 0 N–H and O–H groups in total. The van der Waals surface area contributed by atoms with Crippen LogP contribution in [0.2, 0.25) is 0 Å². The summed E-state index contributed by atoms with van der Waals surface area (Å²) in [6, 6.07) is 15.6. The first-order chi connectivity index (χ1) is 14.2. The Labute approximate surface area is 182 Å². The Kier molecular flexibility index (Phi) is 6.19. The summed E-state index contributed by atoms with van der Waals surface area (Å²) in [6.45, 7) is 1.35. The van der Waals surface area contributed by atoms with E-state index in [1.165, 1.54) is 0 Å². The molecule has 0 spiro atoms. The fraction of sp³-hybridized carbons (Fsp3) is 0.182. The van der Waals surface area contributed by atoms with Gasteiger partial charge < -0.3 is 9.32 Å².